The minimum absolute atomic E-state index is 0.0430. The molecular weight excluding hydrogens is 340 g/mol. The number of benzene rings is 1. The molecule has 0 saturated heterocycles. The molecule has 1 unspecified atom stereocenters. The van der Waals surface area contributed by atoms with Gasteiger partial charge in [-0.15, -0.1) is 5.10 Å². The third-order valence-electron chi connectivity index (χ3n) is 3.01. The van der Waals surface area contributed by atoms with Gasteiger partial charge in [0, 0.05) is 19.1 Å². The summed E-state index contributed by atoms with van der Waals surface area (Å²) in [6, 6.07) is 3.94. The normalized spacial score (nSPS) is 11.8. The van der Waals surface area contributed by atoms with E-state index >= 15 is 0 Å². The molecule has 0 bridgehead atoms. The quantitative estimate of drug-likeness (QED) is 0.335. The Morgan fingerprint density at radius 3 is 2.75 bits per heavy atom. The number of nitrogens with zero attached hydrogens (tertiary/aromatic N) is 4. The number of nitro benzene ring substituents is 1. The first-order valence-corrected chi connectivity index (χ1v) is 7.02. The highest BCUT2D eigenvalue weighted by molar-refractivity contribution is 7.80. The van der Waals surface area contributed by atoms with Crippen molar-refractivity contribution >= 4 is 45.9 Å². The zero-order valence-corrected chi connectivity index (χ0v) is 13.5. The summed E-state index contributed by atoms with van der Waals surface area (Å²) in [4.78, 5) is 33.0. The summed E-state index contributed by atoms with van der Waals surface area (Å²) in [7, 11) is 1.18. The van der Waals surface area contributed by atoms with Gasteiger partial charge in [0.15, 0.2) is 6.10 Å². The van der Waals surface area contributed by atoms with Crippen molar-refractivity contribution in [2.75, 3.05) is 7.11 Å². The molecule has 0 spiro atoms. The van der Waals surface area contributed by atoms with Crippen molar-refractivity contribution in [2.45, 2.75) is 19.4 Å². The highest BCUT2D eigenvalue weighted by Crippen LogP contribution is 2.20. The van der Waals surface area contributed by atoms with Crippen LogP contribution in [0.5, 0.6) is 0 Å². The molecule has 0 radical (unpaired) electrons. The lowest BCUT2D eigenvalue weighted by Crippen LogP contribution is -2.33. The molecule has 1 atom stereocenters. The SMILES string of the molecule is COC(=O)CC(OC(C)=O)C(=S)n1nnc2ccc([N+](=O)[O-])cc21. The van der Waals surface area contributed by atoms with Crippen molar-refractivity contribution in [3.05, 3.63) is 28.3 Å². The second-order valence-electron chi connectivity index (χ2n) is 4.65. The number of thiocarbonyl (C=S) groups is 1. The minimum atomic E-state index is -1.12. The molecule has 0 aliphatic heterocycles. The van der Waals surface area contributed by atoms with Gasteiger partial charge >= 0.3 is 11.9 Å². The Kier molecular flexibility index (Phi) is 5.14. The Morgan fingerprint density at radius 2 is 2.17 bits per heavy atom. The first-order valence-electron chi connectivity index (χ1n) is 6.61. The van der Waals surface area contributed by atoms with Crippen LogP contribution in [0.1, 0.15) is 13.3 Å². The maximum absolute atomic E-state index is 11.5. The van der Waals surface area contributed by atoms with Gasteiger partial charge in [0.1, 0.15) is 16.0 Å². The number of fused-ring (bicyclic) bond motifs is 1. The fourth-order valence-electron chi connectivity index (χ4n) is 1.93. The summed E-state index contributed by atoms with van der Waals surface area (Å²) in [6.07, 6.45) is -1.43. The summed E-state index contributed by atoms with van der Waals surface area (Å²) < 4.78 is 10.7. The van der Waals surface area contributed by atoms with Gasteiger partial charge in [-0.05, 0) is 6.07 Å². The smallest absolute Gasteiger partial charge is 0.309 e. The number of ether oxygens (including phenoxy) is 2. The van der Waals surface area contributed by atoms with E-state index in [1.165, 1.54) is 25.3 Å². The van der Waals surface area contributed by atoms with Gasteiger partial charge in [-0.3, -0.25) is 19.7 Å². The molecule has 126 valence electrons. The van der Waals surface area contributed by atoms with Gasteiger partial charge in [-0.1, -0.05) is 17.4 Å². The number of rotatable bonds is 5. The molecule has 0 fully saturated rings. The van der Waals surface area contributed by atoms with Crippen molar-refractivity contribution in [3.63, 3.8) is 0 Å². The van der Waals surface area contributed by atoms with Gasteiger partial charge in [0.2, 0.25) is 0 Å². The van der Waals surface area contributed by atoms with E-state index in [9.17, 15) is 19.7 Å². The molecule has 0 amide bonds. The number of non-ortho nitro benzene ring substituents is 1. The van der Waals surface area contributed by atoms with Crippen LogP contribution < -0.4 is 0 Å². The van der Waals surface area contributed by atoms with Crippen molar-refractivity contribution in [3.8, 4) is 0 Å². The van der Waals surface area contributed by atoms with E-state index in [4.69, 9.17) is 17.0 Å². The molecule has 2 rings (SSSR count). The molecule has 1 aromatic heterocycles. The summed E-state index contributed by atoms with van der Waals surface area (Å²) in [5.74, 6) is -1.29. The number of methoxy groups -OCH3 is 1. The Labute approximate surface area is 140 Å². The Hall–Kier alpha value is -2.95. The summed E-state index contributed by atoms with van der Waals surface area (Å²) in [5.41, 5.74) is 0.449. The summed E-state index contributed by atoms with van der Waals surface area (Å²) >= 11 is 5.22. The number of hydrogen-bond acceptors (Lipinski definition) is 9. The Morgan fingerprint density at radius 1 is 1.46 bits per heavy atom. The van der Waals surface area contributed by atoms with Crippen LogP contribution in [-0.4, -0.2) is 50.1 Å². The highest BCUT2D eigenvalue weighted by Gasteiger charge is 2.26. The van der Waals surface area contributed by atoms with Crippen LogP contribution >= 0.6 is 12.2 Å². The molecule has 0 aliphatic carbocycles. The molecule has 1 heterocycles. The number of aromatic nitrogens is 3. The van der Waals surface area contributed by atoms with E-state index < -0.39 is 23.0 Å². The monoisotopic (exact) mass is 352 g/mol. The first-order chi connectivity index (χ1) is 11.3. The van der Waals surface area contributed by atoms with Gasteiger partial charge in [-0.2, -0.15) is 0 Å². The molecule has 0 N–H and O–H groups in total. The van der Waals surface area contributed by atoms with Crippen LogP contribution in [0.4, 0.5) is 5.69 Å². The maximum atomic E-state index is 11.5. The van der Waals surface area contributed by atoms with Crippen molar-refractivity contribution in [1.29, 1.82) is 0 Å². The van der Waals surface area contributed by atoms with Crippen LogP contribution in [0, 0.1) is 10.1 Å². The lowest BCUT2D eigenvalue weighted by Gasteiger charge is -2.16. The number of hydrogen-bond donors (Lipinski definition) is 0. The molecule has 0 aliphatic rings. The van der Waals surface area contributed by atoms with Gasteiger partial charge in [0.05, 0.1) is 18.5 Å². The van der Waals surface area contributed by atoms with Crippen LogP contribution in [0.25, 0.3) is 11.0 Å². The van der Waals surface area contributed by atoms with Crippen LogP contribution in [-0.2, 0) is 19.1 Å². The molecular formula is C13H12N4O6S. The topological polar surface area (TPSA) is 126 Å². The largest absolute Gasteiger partial charge is 0.469 e. The summed E-state index contributed by atoms with van der Waals surface area (Å²) in [6.45, 7) is 1.16. The predicted octanol–water partition coefficient (Wildman–Crippen LogP) is 1.01. The first kappa shape index (κ1) is 17.4. The second kappa shape index (κ2) is 7.08. The zero-order valence-electron chi connectivity index (χ0n) is 12.7. The average Bonchev–Trinajstić information content (AvgIpc) is 2.95. The molecule has 10 nitrogen and oxygen atoms in total. The van der Waals surface area contributed by atoms with E-state index in [-0.39, 0.29) is 22.6 Å². The van der Waals surface area contributed by atoms with Crippen LogP contribution in [0.2, 0.25) is 0 Å². The summed E-state index contributed by atoms with van der Waals surface area (Å²) in [5, 5.41) is 18.6. The fraction of sp³-hybridized carbons (Fsp3) is 0.308. The maximum Gasteiger partial charge on any atom is 0.309 e. The predicted molar refractivity (Wildman–Crippen MR) is 84.4 cm³/mol. The van der Waals surface area contributed by atoms with E-state index in [2.05, 4.69) is 15.0 Å². The third-order valence-corrected chi connectivity index (χ3v) is 3.45. The third kappa shape index (κ3) is 3.68. The minimum Gasteiger partial charge on any atom is -0.469 e. The second-order valence-corrected chi connectivity index (χ2v) is 5.07. The lowest BCUT2D eigenvalue weighted by atomic mass is 10.2. The standard InChI is InChI=1S/C13H12N4O6S/c1-7(18)23-11(6-12(19)22-2)13(24)16-10-5-8(17(20)21)3-4-9(10)14-15-16/h3-5,11H,6H2,1-2H3. The average molecular weight is 352 g/mol. The molecule has 11 heteroatoms. The van der Waals surface area contributed by atoms with E-state index in [1.54, 1.807) is 0 Å². The van der Waals surface area contributed by atoms with Crippen LogP contribution in [0.15, 0.2) is 18.2 Å². The van der Waals surface area contributed by atoms with Gasteiger partial charge in [0.25, 0.3) is 5.69 Å². The number of carbonyl (C=O) groups excluding carboxylic acids is 2. The number of esters is 2. The fourth-order valence-corrected chi connectivity index (χ4v) is 2.20. The van der Waals surface area contributed by atoms with E-state index in [0.717, 1.165) is 11.6 Å². The van der Waals surface area contributed by atoms with E-state index in [1.807, 2.05) is 0 Å². The van der Waals surface area contributed by atoms with Crippen molar-refractivity contribution in [2.24, 2.45) is 0 Å². The van der Waals surface area contributed by atoms with Crippen LogP contribution in [0.3, 0.4) is 0 Å². The Bertz CT molecular complexity index is 833. The molecule has 2 aromatic rings. The van der Waals surface area contributed by atoms with Gasteiger partial charge in [-0.25, -0.2) is 4.68 Å². The number of carbonyl (C=O) groups is 2. The zero-order chi connectivity index (χ0) is 17.9. The van der Waals surface area contributed by atoms with Crippen molar-refractivity contribution < 1.29 is 24.0 Å². The molecule has 0 saturated carbocycles. The number of nitro groups is 1. The Balaban J connectivity index is 2.43. The molecule has 24 heavy (non-hydrogen) atoms. The van der Waals surface area contributed by atoms with Crippen molar-refractivity contribution in [1.82, 2.24) is 15.0 Å². The lowest BCUT2D eigenvalue weighted by molar-refractivity contribution is -0.384. The highest BCUT2D eigenvalue weighted by atomic mass is 32.1. The van der Waals surface area contributed by atoms with Gasteiger partial charge < -0.3 is 9.47 Å². The van der Waals surface area contributed by atoms with E-state index in [0.29, 0.717) is 5.52 Å². The molecule has 1 aromatic carbocycles.